The predicted octanol–water partition coefficient (Wildman–Crippen LogP) is 2.47. The molecule has 2 aromatic rings. The summed E-state index contributed by atoms with van der Waals surface area (Å²) in [5.41, 5.74) is 1.37. The molecule has 8 heteroatoms. The van der Waals surface area contributed by atoms with Gasteiger partial charge in [-0.1, -0.05) is 0 Å². The maximum atomic E-state index is 12.5. The van der Waals surface area contributed by atoms with Crippen LogP contribution in [-0.4, -0.2) is 36.7 Å². The van der Waals surface area contributed by atoms with E-state index in [4.69, 9.17) is 0 Å². The molecule has 1 aromatic carbocycles. The second-order valence-electron chi connectivity index (χ2n) is 6.06. The first kappa shape index (κ1) is 18.0. The number of sulfonamides is 1. The minimum Gasteiger partial charge on any atom is -0.347 e. The number of hydrogen-bond acceptors (Lipinski definition) is 5. The molecule has 2 heterocycles. The van der Waals surface area contributed by atoms with Crippen LogP contribution in [-0.2, 0) is 16.6 Å². The minimum absolute atomic E-state index is 0.226. The summed E-state index contributed by atoms with van der Waals surface area (Å²) >= 11 is 1.56. The summed E-state index contributed by atoms with van der Waals surface area (Å²) in [6.07, 6.45) is 1.80. The van der Waals surface area contributed by atoms with Crippen LogP contribution < -0.4 is 5.32 Å². The summed E-state index contributed by atoms with van der Waals surface area (Å²) in [6.45, 7) is 5.41. The van der Waals surface area contributed by atoms with Crippen molar-refractivity contribution < 1.29 is 13.2 Å². The number of hydrogen-bond donors (Lipinski definition) is 1. The number of nitrogens with one attached hydrogen (secondary N) is 1. The minimum atomic E-state index is -3.44. The van der Waals surface area contributed by atoms with Gasteiger partial charge in [-0.2, -0.15) is 4.31 Å². The molecule has 0 atom stereocenters. The smallest absolute Gasteiger partial charge is 0.251 e. The van der Waals surface area contributed by atoms with E-state index in [-0.39, 0.29) is 10.8 Å². The number of carbonyl (C=O) groups is 1. The quantitative estimate of drug-likeness (QED) is 0.865. The van der Waals surface area contributed by atoms with Crippen LogP contribution >= 0.6 is 11.3 Å². The first-order chi connectivity index (χ1) is 11.9. The van der Waals surface area contributed by atoms with Crippen LogP contribution in [0.3, 0.4) is 0 Å². The van der Waals surface area contributed by atoms with E-state index in [1.54, 1.807) is 23.5 Å². The van der Waals surface area contributed by atoms with Crippen LogP contribution in [0.1, 0.15) is 38.8 Å². The fourth-order valence-corrected chi connectivity index (χ4v) is 5.25. The molecule has 1 fully saturated rings. The van der Waals surface area contributed by atoms with Gasteiger partial charge in [0.1, 0.15) is 0 Å². The zero-order valence-electron chi connectivity index (χ0n) is 14.3. The highest BCUT2D eigenvalue weighted by Gasteiger charge is 2.27. The monoisotopic (exact) mass is 379 g/mol. The zero-order chi connectivity index (χ0) is 18.0. The van der Waals surface area contributed by atoms with Gasteiger partial charge in [0.15, 0.2) is 0 Å². The lowest BCUT2D eigenvalue weighted by Crippen LogP contribution is -2.28. The first-order valence-corrected chi connectivity index (χ1v) is 10.4. The summed E-state index contributed by atoms with van der Waals surface area (Å²) in [5.74, 6) is -0.226. The summed E-state index contributed by atoms with van der Waals surface area (Å²) in [7, 11) is -3.44. The van der Waals surface area contributed by atoms with Gasteiger partial charge in [-0.25, -0.2) is 13.4 Å². The third-order valence-corrected chi connectivity index (χ3v) is 7.21. The Bertz CT molecular complexity index is 867. The van der Waals surface area contributed by atoms with E-state index in [0.29, 0.717) is 25.2 Å². The lowest BCUT2D eigenvalue weighted by atomic mass is 10.2. The molecular weight excluding hydrogens is 358 g/mol. The van der Waals surface area contributed by atoms with Crippen molar-refractivity contribution >= 4 is 27.3 Å². The van der Waals surface area contributed by atoms with Crippen molar-refractivity contribution in [1.82, 2.24) is 14.6 Å². The third-order valence-electron chi connectivity index (χ3n) is 4.23. The molecule has 0 spiro atoms. The van der Waals surface area contributed by atoms with Gasteiger partial charge in [-0.3, -0.25) is 4.79 Å². The Labute approximate surface area is 151 Å². The predicted molar refractivity (Wildman–Crippen MR) is 97.2 cm³/mol. The normalized spacial score (nSPS) is 15.4. The number of aryl methyl sites for hydroxylation is 2. The third kappa shape index (κ3) is 3.91. The van der Waals surface area contributed by atoms with Crippen molar-refractivity contribution in [3.63, 3.8) is 0 Å². The molecule has 25 heavy (non-hydrogen) atoms. The van der Waals surface area contributed by atoms with E-state index in [9.17, 15) is 13.2 Å². The molecule has 3 rings (SSSR count). The Morgan fingerprint density at radius 2 is 1.84 bits per heavy atom. The van der Waals surface area contributed by atoms with Crippen LogP contribution in [0.15, 0.2) is 29.2 Å². The molecule has 1 aliphatic rings. The average molecular weight is 380 g/mol. The molecule has 6 nitrogen and oxygen atoms in total. The van der Waals surface area contributed by atoms with Gasteiger partial charge >= 0.3 is 0 Å². The molecule has 1 amide bonds. The second-order valence-corrected chi connectivity index (χ2v) is 9.29. The van der Waals surface area contributed by atoms with E-state index in [1.165, 1.54) is 16.4 Å². The Morgan fingerprint density at radius 3 is 2.40 bits per heavy atom. The van der Waals surface area contributed by atoms with E-state index in [1.807, 2.05) is 13.8 Å². The number of nitrogens with zero attached hydrogens (tertiary/aromatic N) is 2. The standard InChI is InChI=1S/C17H21N3O3S2/c1-12-16(24-13(2)19-12)11-18-17(21)14-5-7-15(8-6-14)25(22,23)20-9-3-4-10-20/h5-8H,3-4,9-11H2,1-2H3,(H,18,21). The van der Waals surface area contributed by atoms with E-state index in [0.717, 1.165) is 28.4 Å². The maximum absolute atomic E-state index is 12.5. The topological polar surface area (TPSA) is 79.4 Å². The molecule has 1 N–H and O–H groups in total. The van der Waals surface area contributed by atoms with Gasteiger partial charge in [0.2, 0.25) is 10.0 Å². The summed E-state index contributed by atoms with van der Waals surface area (Å²) in [6, 6.07) is 6.13. The van der Waals surface area contributed by atoms with E-state index in [2.05, 4.69) is 10.3 Å². The van der Waals surface area contributed by atoms with Gasteiger partial charge in [0, 0.05) is 23.5 Å². The molecular formula is C17H21N3O3S2. The number of rotatable bonds is 5. The fourth-order valence-electron chi connectivity index (χ4n) is 2.86. The van der Waals surface area contributed by atoms with Crippen molar-refractivity contribution in [1.29, 1.82) is 0 Å². The Morgan fingerprint density at radius 1 is 1.20 bits per heavy atom. The second kappa shape index (κ2) is 7.23. The van der Waals surface area contributed by atoms with Gasteiger partial charge < -0.3 is 5.32 Å². The number of benzene rings is 1. The Hall–Kier alpha value is -1.77. The number of thiazole rings is 1. The molecule has 0 radical (unpaired) electrons. The van der Waals surface area contributed by atoms with Crippen molar-refractivity contribution in [2.24, 2.45) is 0 Å². The van der Waals surface area contributed by atoms with Crippen molar-refractivity contribution in [2.75, 3.05) is 13.1 Å². The Balaban J connectivity index is 1.67. The highest BCUT2D eigenvalue weighted by Crippen LogP contribution is 2.21. The summed E-state index contributed by atoms with van der Waals surface area (Å²) in [4.78, 5) is 17.9. The molecule has 0 unspecified atom stereocenters. The van der Waals surface area contributed by atoms with E-state index < -0.39 is 10.0 Å². The van der Waals surface area contributed by atoms with E-state index >= 15 is 0 Å². The van der Waals surface area contributed by atoms with Crippen LogP contribution in [0.2, 0.25) is 0 Å². The summed E-state index contributed by atoms with van der Waals surface area (Å²) < 4.78 is 26.5. The molecule has 1 aromatic heterocycles. The largest absolute Gasteiger partial charge is 0.347 e. The van der Waals surface area contributed by atoms with Gasteiger partial charge in [-0.15, -0.1) is 11.3 Å². The Kier molecular flexibility index (Phi) is 5.21. The number of aromatic nitrogens is 1. The molecule has 1 saturated heterocycles. The molecule has 0 aliphatic carbocycles. The van der Waals surface area contributed by atoms with Gasteiger partial charge in [0.05, 0.1) is 22.1 Å². The maximum Gasteiger partial charge on any atom is 0.251 e. The molecule has 134 valence electrons. The van der Waals surface area contributed by atoms with Gasteiger partial charge in [-0.05, 0) is 51.0 Å². The molecule has 1 aliphatic heterocycles. The highest BCUT2D eigenvalue weighted by atomic mass is 32.2. The number of carbonyl (C=O) groups excluding carboxylic acids is 1. The van der Waals surface area contributed by atoms with Gasteiger partial charge in [0.25, 0.3) is 5.91 Å². The van der Waals surface area contributed by atoms with Crippen LogP contribution in [0.25, 0.3) is 0 Å². The van der Waals surface area contributed by atoms with Crippen molar-refractivity contribution in [2.45, 2.75) is 38.1 Å². The molecule has 0 bridgehead atoms. The van der Waals surface area contributed by atoms with Crippen LogP contribution in [0.5, 0.6) is 0 Å². The van der Waals surface area contributed by atoms with Crippen molar-refractivity contribution in [3.8, 4) is 0 Å². The molecule has 0 saturated carbocycles. The lowest BCUT2D eigenvalue weighted by molar-refractivity contribution is 0.0951. The van der Waals surface area contributed by atoms with Crippen molar-refractivity contribution in [3.05, 3.63) is 45.4 Å². The van der Waals surface area contributed by atoms with Crippen LogP contribution in [0.4, 0.5) is 0 Å². The average Bonchev–Trinajstić information content (AvgIpc) is 3.23. The lowest BCUT2D eigenvalue weighted by Gasteiger charge is -2.15. The fraction of sp³-hybridized carbons (Fsp3) is 0.412. The SMILES string of the molecule is Cc1nc(C)c(CNC(=O)c2ccc(S(=O)(=O)N3CCCC3)cc2)s1. The highest BCUT2D eigenvalue weighted by molar-refractivity contribution is 7.89. The first-order valence-electron chi connectivity index (χ1n) is 8.19. The van der Waals surface area contributed by atoms with Crippen LogP contribution in [0, 0.1) is 13.8 Å². The number of amides is 1. The zero-order valence-corrected chi connectivity index (χ0v) is 15.9. The summed E-state index contributed by atoms with van der Waals surface area (Å²) in [5, 5.41) is 3.82.